The Kier molecular flexibility index (Phi) is 12.9. The second-order valence-electron chi connectivity index (χ2n) is 18.5. The van der Waals surface area contributed by atoms with E-state index in [4.69, 9.17) is 14.5 Å². The van der Waals surface area contributed by atoms with Crippen molar-refractivity contribution in [3.63, 3.8) is 0 Å². The lowest BCUT2D eigenvalue weighted by Crippen LogP contribution is -2.62. The molecule has 7 rings (SSSR count). The lowest BCUT2D eigenvalue weighted by Gasteiger charge is -2.36. The quantitative estimate of drug-likeness (QED) is 0.156. The van der Waals surface area contributed by atoms with Gasteiger partial charge in [0.1, 0.15) is 23.9 Å². The molecule has 14 nitrogen and oxygen atoms in total. The van der Waals surface area contributed by atoms with E-state index in [0.29, 0.717) is 31.4 Å². The summed E-state index contributed by atoms with van der Waals surface area (Å²) in [4.78, 5) is 62.3. The monoisotopic (exact) mass is 850 g/mol. The zero-order valence-electron chi connectivity index (χ0n) is 37.4. The maximum Gasteiger partial charge on any atom is 0.324 e. The molecular formula is C48H62N6O8. The van der Waals surface area contributed by atoms with Crippen molar-refractivity contribution in [1.29, 1.82) is 0 Å². The van der Waals surface area contributed by atoms with Crippen molar-refractivity contribution in [3.05, 3.63) is 71.5 Å². The number of fused-ring (bicyclic) bond motifs is 6. The summed E-state index contributed by atoms with van der Waals surface area (Å²) in [6.07, 6.45) is 2.24. The fraction of sp³-hybridized carbons (Fsp3) is 0.521. The number of aromatic hydroxyl groups is 1. The standard InChI is InChI=1S/C48H62N6O8/c1-10-53-38-16-15-30-23-34(38)35(42(53)33-13-11-17-49-40(33)28(5)61-9)24-48(6,7)25-62-47(60)36-14-12-18-54(51-36)45(58)37(21-29-19-31(30)22-32(55)20-29)50-44(57)41(26(2)3)52(8)46(59)39-27(4)43(39)56/h11,13,15-17,19-20,22-23,26-28,36-37,39,41,43,51,55-56H,10,12,14,18,21,24-25H2,1-9H3,(H,50,57)/t27-,28+,36+,37+,39+,41?,43-/m1/s1. The molecule has 4 aromatic rings. The molecule has 6 bridgehead atoms. The van der Waals surface area contributed by atoms with E-state index in [9.17, 15) is 29.4 Å². The lowest BCUT2D eigenvalue weighted by atomic mass is 9.84. The second-order valence-corrected chi connectivity index (χ2v) is 18.5. The van der Waals surface area contributed by atoms with Gasteiger partial charge in [-0.1, -0.05) is 46.8 Å². The molecule has 332 valence electrons. The maximum atomic E-state index is 14.6. The van der Waals surface area contributed by atoms with Crippen molar-refractivity contribution in [2.24, 2.45) is 23.2 Å². The number of aryl methyl sites for hydroxylation is 1. The van der Waals surface area contributed by atoms with Crippen LogP contribution in [0.3, 0.4) is 0 Å². The number of pyridine rings is 1. The highest BCUT2D eigenvalue weighted by molar-refractivity contribution is 5.96. The SMILES string of the molecule is CCn1c(-c2cccnc2[C@H](C)OC)c2c3cc(ccc31)-c1cc(O)cc(c1)C[C@H](NC(=O)C(C(C)C)N(C)C(=O)[C@H]1[C@@H](C)[C@H]1O)C(=O)N1CCC[C@H](N1)C(=O)OCC(C)(C)C2. The number of hydrazine groups is 1. The van der Waals surface area contributed by atoms with Crippen LogP contribution in [0, 0.1) is 23.2 Å². The number of likely N-dealkylation sites (N-methyl/N-ethyl adjacent to an activating group) is 1. The molecule has 2 fully saturated rings. The summed E-state index contributed by atoms with van der Waals surface area (Å²) >= 11 is 0. The summed E-state index contributed by atoms with van der Waals surface area (Å²) in [5.41, 5.74) is 9.56. The Morgan fingerprint density at radius 2 is 1.85 bits per heavy atom. The van der Waals surface area contributed by atoms with Gasteiger partial charge in [-0.25, -0.2) is 5.43 Å². The minimum atomic E-state index is -1.15. The smallest absolute Gasteiger partial charge is 0.324 e. The van der Waals surface area contributed by atoms with E-state index in [1.54, 1.807) is 39.4 Å². The van der Waals surface area contributed by atoms with Crippen molar-refractivity contribution in [2.75, 3.05) is 27.3 Å². The van der Waals surface area contributed by atoms with E-state index < -0.39 is 53.3 Å². The number of amides is 3. The van der Waals surface area contributed by atoms with Crippen LogP contribution in [0.1, 0.15) is 84.2 Å². The molecule has 14 heteroatoms. The highest BCUT2D eigenvalue weighted by Gasteiger charge is 2.53. The second kappa shape index (κ2) is 17.8. The minimum Gasteiger partial charge on any atom is -0.508 e. The molecule has 2 aliphatic heterocycles. The van der Waals surface area contributed by atoms with E-state index >= 15 is 0 Å². The van der Waals surface area contributed by atoms with Crippen LogP contribution in [0.25, 0.3) is 33.3 Å². The number of aliphatic hydroxyl groups excluding tert-OH is 1. The van der Waals surface area contributed by atoms with Crippen molar-refractivity contribution >= 4 is 34.6 Å². The van der Waals surface area contributed by atoms with Crippen LogP contribution in [0.15, 0.2) is 54.7 Å². The first-order chi connectivity index (χ1) is 29.4. The van der Waals surface area contributed by atoms with Crippen molar-refractivity contribution in [1.82, 2.24) is 30.2 Å². The Balaban J connectivity index is 1.35. The Hall–Kier alpha value is -5.31. The first kappa shape index (κ1) is 44.7. The first-order valence-corrected chi connectivity index (χ1v) is 21.9. The highest BCUT2D eigenvalue weighted by Crippen LogP contribution is 2.43. The molecule has 3 amide bonds. The van der Waals surface area contributed by atoms with Gasteiger partial charge in [0.15, 0.2) is 0 Å². The topological polar surface area (TPSA) is 176 Å². The molecule has 1 aliphatic carbocycles. The van der Waals surface area contributed by atoms with Gasteiger partial charge in [0.25, 0.3) is 5.91 Å². The molecule has 4 heterocycles. The Morgan fingerprint density at radius 3 is 2.53 bits per heavy atom. The number of hydrogen-bond donors (Lipinski definition) is 4. The van der Waals surface area contributed by atoms with E-state index in [1.807, 2.05) is 39.0 Å². The van der Waals surface area contributed by atoms with Gasteiger partial charge in [0.05, 0.1) is 36.1 Å². The number of esters is 1. The number of nitrogens with one attached hydrogen (secondary N) is 2. The van der Waals surface area contributed by atoms with Crippen molar-refractivity contribution in [3.8, 4) is 28.1 Å². The van der Waals surface area contributed by atoms with Crippen LogP contribution in [0.4, 0.5) is 0 Å². The number of benzene rings is 2. The summed E-state index contributed by atoms with van der Waals surface area (Å²) in [5.74, 6) is -2.94. The third kappa shape index (κ3) is 8.82. The van der Waals surface area contributed by atoms with E-state index in [-0.39, 0.29) is 49.2 Å². The van der Waals surface area contributed by atoms with Crippen molar-refractivity contribution < 1.29 is 38.9 Å². The van der Waals surface area contributed by atoms with E-state index in [1.165, 1.54) is 9.91 Å². The molecule has 0 radical (unpaired) electrons. The molecule has 1 saturated heterocycles. The molecule has 7 atom stereocenters. The van der Waals surface area contributed by atoms with Gasteiger partial charge in [-0.3, -0.25) is 29.2 Å². The van der Waals surface area contributed by atoms with Gasteiger partial charge < -0.3 is 34.5 Å². The molecule has 1 saturated carbocycles. The molecular weight excluding hydrogens is 789 g/mol. The average Bonchev–Trinajstić information content (AvgIpc) is 3.73. The zero-order chi connectivity index (χ0) is 44.8. The van der Waals surface area contributed by atoms with Gasteiger partial charge in [-0.05, 0) is 104 Å². The third-order valence-electron chi connectivity index (χ3n) is 13.0. The molecule has 2 aromatic heterocycles. The van der Waals surface area contributed by atoms with Crippen LogP contribution in [0.5, 0.6) is 5.75 Å². The Labute approximate surface area is 363 Å². The third-order valence-corrected chi connectivity index (χ3v) is 13.0. The largest absolute Gasteiger partial charge is 0.508 e. The molecule has 1 unspecified atom stereocenters. The van der Waals surface area contributed by atoms with Gasteiger partial charge in [-0.15, -0.1) is 0 Å². The summed E-state index contributed by atoms with van der Waals surface area (Å²) in [7, 11) is 3.22. The van der Waals surface area contributed by atoms with Gasteiger partial charge in [0, 0.05) is 61.7 Å². The normalized spacial score (nSPS) is 23.7. The fourth-order valence-corrected chi connectivity index (χ4v) is 9.43. The zero-order valence-corrected chi connectivity index (χ0v) is 37.4. The maximum absolute atomic E-state index is 14.6. The Morgan fingerprint density at radius 1 is 1.11 bits per heavy atom. The van der Waals surface area contributed by atoms with Gasteiger partial charge >= 0.3 is 5.97 Å². The van der Waals surface area contributed by atoms with Crippen LogP contribution in [-0.2, 0) is 48.0 Å². The number of ether oxygens (including phenoxy) is 2. The Bertz CT molecular complexity index is 2350. The number of rotatable bonds is 9. The number of cyclic esters (lactones) is 1. The summed E-state index contributed by atoms with van der Waals surface area (Å²) in [6.45, 7) is 14.7. The first-order valence-electron chi connectivity index (χ1n) is 21.9. The van der Waals surface area contributed by atoms with Crippen molar-refractivity contribution in [2.45, 2.75) is 111 Å². The van der Waals surface area contributed by atoms with E-state index in [0.717, 1.165) is 44.5 Å². The number of hydrogen-bond acceptors (Lipinski definition) is 10. The average molecular weight is 851 g/mol. The molecule has 4 N–H and O–H groups in total. The number of phenolic OH excluding ortho intramolecular Hbond substituents is 1. The minimum absolute atomic E-state index is 0.000370. The van der Waals surface area contributed by atoms with Crippen LogP contribution in [0.2, 0.25) is 0 Å². The van der Waals surface area contributed by atoms with E-state index in [2.05, 4.69) is 54.3 Å². The fourth-order valence-electron chi connectivity index (χ4n) is 9.43. The summed E-state index contributed by atoms with van der Waals surface area (Å²) in [6, 6.07) is 12.5. The lowest BCUT2D eigenvalue weighted by molar-refractivity contribution is -0.155. The summed E-state index contributed by atoms with van der Waals surface area (Å²) in [5, 5.41) is 26.9. The predicted molar refractivity (Wildman–Crippen MR) is 235 cm³/mol. The molecule has 0 spiro atoms. The number of aromatic nitrogens is 2. The van der Waals surface area contributed by atoms with Gasteiger partial charge in [0.2, 0.25) is 11.8 Å². The number of phenols is 1. The van der Waals surface area contributed by atoms with Crippen LogP contribution < -0.4 is 10.7 Å². The van der Waals surface area contributed by atoms with Crippen LogP contribution >= 0.6 is 0 Å². The van der Waals surface area contributed by atoms with Crippen LogP contribution in [-0.4, -0.2) is 105 Å². The predicted octanol–water partition coefficient (Wildman–Crippen LogP) is 5.56. The number of aliphatic hydroxyl groups is 1. The number of carbonyl (C=O) groups excluding carboxylic acids is 4. The highest BCUT2D eigenvalue weighted by atomic mass is 16.5. The van der Waals surface area contributed by atoms with Gasteiger partial charge in [-0.2, -0.15) is 0 Å². The number of methoxy groups -OCH3 is 1. The molecule has 2 aromatic carbocycles. The molecule has 62 heavy (non-hydrogen) atoms. The number of carbonyl (C=O) groups is 4. The number of nitrogens with zero attached hydrogens (tertiary/aromatic N) is 4. The summed E-state index contributed by atoms with van der Waals surface area (Å²) < 4.78 is 14.2. The molecule has 3 aliphatic rings.